The van der Waals surface area contributed by atoms with Crippen LogP contribution in [0.25, 0.3) is 6.08 Å². The average molecular weight is 571 g/mol. The van der Waals surface area contributed by atoms with E-state index >= 15 is 8.78 Å². The number of hydrogen-bond acceptors (Lipinski definition) is 6. The smallest absolute Gasteiger partial charge is 0.403 e. The molecule has 0 aliphatic heterocycles. The quantitative estimate of drug-likeness (QED) is 0.100. The molecule has 0 radical (unpaired) electrons. The van der Waals surface area contributed by atoms with E-state index in [-0.39, 0.29) is 41.1 Å². The molecule has 0 spiro atoms. The summed E-state index contributed by atoms with van der Waals surface area (Å²) >= 11 is 0. The van der Waals surface area contributed by atoms with Gasteiger partial charge in [0.2, 0.25) is 0 Å². The first-order valence-electron chi connectivity index (χ1n) is 14.4. The molecule has 0 saturated heterocycles. The molecule has 5 rings (SSSR count). The number of carboxylic acids is 1. The van der Waals surface area contributed by atoms with Gasteiger partial charge < -0.3 is 26.0 Å². The molecule has 41 heavy (non-hydrogen) atoms. The van der Waals surface area contributed by atoms with Crippen LogP contribution in [0.15, 0.2) is 42.5 Å². The lowest BCUT2D eigenvalue weighted by Crippen LogP contribution is -2.53. The highest BCUT2D eigenvalue weighted by molar-refractivity contribution is 5.92. The zero-order chi connectivity index (χ0) is 29.7. The lowest BCUT2D eigenvalue weighted by Gasteiger charge is -2.55. The number of carboxylic acid groups (broad SMARTS) is 1. The van der Waals surface area contributed by atoms with E-state index in [4.69, 9.17) is 20.9 Å². The minimum absolute atomic E-state index is 0.0379. The van der Waals surface area contributed by atoms with Crippen LogP contribution in [-0.4, -0.2) is 29.8 Å². The van der Waals surface area contributed by atoms with Crippen molar-refractivity contribution in [2.75, 3.05) is 18.1 Å². The van der Waals surface area contributed by atoms with Crippen LogP contribution < -0.4 is 16.2 Å². The zero-order valence-corrected chi connectivity index (χ0v) is 23.6. The van der Waals surface area contributed by atoms with E-state index in [9.17, 15) is 14.7 Å². The van der Waals surface area contributed by atoms with Gasteiger partial charge in [-0.25, -0.2) is 9.59 Å². The molecule has 0 atom stereocenters. The zero-order valence-electron chi connectivity index (χ0n) is 23.6. The van der Waals surface area contributed by atoms with E-state index < -0.39 is 23.5 Å². The minimum atomic E-state index is -3.25. The first-order chi connectivity index (χ1) is 19.5. The maximum Gasteiger partial charge on any atom is 0.403 e. The van der Waals surface area contributed by atoms with Crippen molar-refractivity contribution in [2.45, 2.75) is 83.7 Å². The highest BCUT2D eigenvalue weighted by atomic mass is 19.3. The van der Waals surface area contributed by atoms with Crippen molar-refractivity contribution in [3.8, 4) is 5.75 Å². The number of rotatable bonds is 13. The van der Waals surface area contributed by atoms with Gasteiger partial charge in [-0.2, -0.15) is 8.78 Å². The van der Waals surface area contributed by atoms with Gasteiger partial charge in [-0.3, -0.25) is 0 Å². The lowest BCUT2D eigenvalue weighted by atomic mass is 9.52. The maximum absolute atomic E-state index is 15.5. The molecular weight excluding hydrogens is 530 g/mol. The van der Waals surface area contributed by atoms with E-state index in [1.165, 1.54) is 55.7 Å². The summed E-state index contributed by atoms with van der Waals surface area (Å²) in [5.41, 5.74) is 12.0. The van der Waals surface area contributed by atoms with Crippen molar-refractivity contribution >= 4 is 29.4 Å². The number of nitrogens with two attached hydrogens (primary N) is 2. The van der Waals surface area contributed by atoms with Gasteiger partial charge >= 0.3 is 18.0 Å². The third kappa shape index (κ3) is 7.00. The second-order valence-electron chi connectivity index (χ2n) is 11.6. The Bertz CT molecular complexity index is 1250. The summed E-state index contributed by atoms with van der Waals surface area (Å²) in [6.45, 7) is 2.10. The van der Waals surface area contributed by atoms with Crippen LogP contribution in [0.1, 0.15) is 92.6 Å². The van der Waals surface area contributed by atoms with Crippen LogP contribution in [0, 0.1) is 10.8 Å². The van der Waals surface area contributed by atoms with Crippen LogP contribution in [-0.2, 0) is 16.0 Å². The number of benzene rings is 2. The van der Waals surface area contributed by atoms with Gasteiger partial charge in [0.25, 0.3) is 0 Å². The van der Waals surface area contributed by atoms with E-state index in [2.05, 4.69) is 6.92 Å². The van der Waals surface area contributed by atoms with Gasteiger partial charge in [-0.1, -0.05) is 38.3 Å². The molecule has 3 fully saturated rings. The molecule has 0 unspecified atom stereocenters. The number of esters is 1. The summed E-state index contributed by atoms with van der Waals surface area (Å²) in [5, 5.41) is 9.37. The van der Waals surface area contributed by atoms with Crippen LogP contribution in [0.3, 0.4) is 0 Å². The lowest BCUT2D eigenvalue weighted by molar-refractivity contribution is -0.289. The fraction of sp³-hybridized carbons (Fsp3) is 0.500. The van der Waals surface area contributed by atoms with E-state index in [1.54, 1.807) is 12.1 Å². The van der Waals surface area contributed by atoms with Gasteiger partial charge in [-0.05, 0) is 91.8 Å². The third-order valence-corrected chi connectivity index (χ3v) is 9.00. The summed E-state index contributed by atoms with van der Waals surface area (Å²) in [6.07, 6.45) is 8.32. The average Bonchev–Trinajstić information content (AvgIpc) is 2.94. The summed E-state index contributed by atoms with van der Waals surface area (Å²) in [6, 6.07) is 8.92. The van der Waals surface area contributed by atoms with Crippen LogP contribution >= 0.6 is 0 Å². The number of ether oxygens (including phenoxy) is 2. The standard InChI is InChI=1S/C32H40F2N2O5/c1-2-3-4-12-30-13-16-31(17-14-30,18-15-30)32(33,34)41-24-8-5-22(6-9-24)7-10-28(37)40-19-11-25-26(29(38)39)20-23(35)21-27(25)36/h5-10,20-21H,2-4,11-19,35-36H2,1H3,(H,38,39). The molecule has 3 aliphatic rings. The molecule has 2 aromatic rings. The summed E-state index contributed by atoms with van der Waals surface area (Å²) in [7, 11) is 0. The van der Waals surface area contributed by atoms with Gasteiger partial charge in [0, 0.05) is 23.9 Å². The number of aromatic carboxylic acids is 1. The van der Waals surface area contributed by atoms with E-state index in [1.807, 2.05) is 0 Å². The fourth-order valence-corrected chi connectivity index (χ4v) is 6.38. The topological polar surface area (TPSA) is 125 Å². The second-order valence-corrected chi connectivity index (χ2v) is 11.6. The molecule has 9 heteroatoms. The largest absolute Gasteiger partial charge is 0.478 e. The summed E-state index contributed by atoms with van der Waals surface area (Å²) < 4.78 is 41.4. The number of carbonyl (C=O) groups is 2. The van der Waals surface area contributed by atoms with Gasteiger partial charge in [0.1, 0.15) is 5.75 Å². The van der Waals surface area contributed by atoms with E-state index in [0.29, 0.717) is 30.4 Å². The van der Waals surface area contributed by atoms with Crippen molar-refractivity contribution in [3.05, 3.63) is 59.2 Å². The predicted octanol–water partition coefficient (Wildman–Crippen LogP) is 7.24. The number of fused-ring (bicyclic) bond motifs is 3. The molecule has 3 aliphatic carbocycles. The maximum atomic E-state index is 15.5. The molecular formula is C32H40F2N2O5. The van der Waals surface area contributed by atoms with Crippen molar-refractivity contribution in [1.82, 2.24) is 0 Å². The van der Waals surface area contributed by atoms with Crippen molar-refractivity contribution in [2.24, 2.45) is 10.8 Å². The minimum Gasteiger partial charge on any atom is -0.478 e. The fourth-order valence-electron chi connectivity index (χ4n) is 6.38. The number of nitrogen functional groups attached to an aromatic ring is 2. The molecule has 0 heterocycles. The Hall–Kier alpha value is -3.62. The first-order valence-corrected chi connectivity index (χ1v) is 14.4. The molecule has 222 valence electrons. The molecule has 2 aromatic carbocycles. The van der Waals surface area contributed by atoms with E-state index in [0.717, 1.165) is 25.7 Å². The predicted molar refractivity (Wildman–Crippen MR) is 155 cm³/mol. The Morgan fingerprint density at radius 3 is 2.29 bits per heavy atom. The molecule has 5 N–H and O–H groups in total. The number of unbranched alkanes of at least 4 members (excludes halogenated alkanes) is 2. The molecule has 0 amide bonds. The van der Waals surface area contributed by atoms with Crippen molar-refractivity contribution in [1.29, 1.82) is 0 Å². The van der Waals surface area contributed by atoms with Crippen LogP contribution in [0.4, 0.5) is 20.2 Å². The Morgan fingerprint density at radius 2 is 1.68 bits per heavy atom. The van der Waals surface area contributed by atoms with Gasteiger partial charge in [-0.15, -0.1) is 0 Å². The molecule has 7 nitrogen and oxygen atoms in total. The number of anilines is 2. The Balaban J connectivity index is 1.28. The van der Waals surface area contributed by atoms with Crippen molar-refractivity contribution < 1.29 is 33.0 Å². The Morgan fingerprint density at radius 1 is 1.02 bits per heavy atom. The monoisotopic (exact) mass is 570 g/mol. The molecule has 2 bridgehead atoms. The highest BCUT2D eigenvalue weighted by Gasteiger charge is 2.62. The number of halogens is 2. The Kier molecular flexibility index (Phi) is 9.24. The summed E-state index contributed by atoms with van der Waals surface area (Å²) in [4.78, 5) is 23.6. The third-order valence-electron chi connectivity index (χ3n) is 9.00. The SMILES string of the molecule is CCCCCC12CCC(C(F)(F)Oc3ccc(C=CC(=O)OCCc4c(N)cc(N)cc4C(=O)O)cc3)(CC1)CC2. The van der Waals surface area contributed by atoms with Gasteiger partial charge in [0.05, 0.1) is 17.6 Å². The van der Waals surface area contributed by atoms with Crippen molar-refractivity contribution in [3.63, 3.8) is 0 Å². The van der Waals surface area contributed by atoms with Crippen LogP contribution in [0.5, 0.6) is 5.75 Å². The molecule has 3 saturated carbocycles. The van der Waals surface area contributed by atoms with Gasteiger partial charge in [0.15, 0.2) is 0 Å². The number of carbonyl (C=O) groups excluding carboxylic acids is 1. The summed E-state index contributed by atoms with van der Waals surface area (Å²) in [5.74, 6) is -1.72. The number of hydrogen-bond donors (Lipinski definition) is 3. The first kappa shape index (κ1) is 30.3. The van der Waals surface area contributed by atoms with Crippen LogP contribution in [0.2, 0.25) is 0 Å². The Labute approximate surface area is 239 Å². The molecule has 0 aromatic heterocycles. The highest BCUT2D eigenvalue weighted by Crippen LogP contribution is 2.63. The normalized spacial score (nSPS) is 22.1. The second kappa shape index (κ2) is 12.5. The number of alkyl halides is 2.